The largest absolute Gasteiger partial charge is 0.478 e. The molecule has 92 valence electrons. The Morgan fingerprint density at radius 2 is 1.94 bits per heavy atom. The van der Waals surface area contributed by atoms with Gasteiger partial charge in [0.15, 0.2) is 0 Å². The minimum absolute atomic E-state index is 0.359. The molecule has 0 bridgehead atoms. The molecule has 0 spiro atoms. The summed E-state index contributed by atoms with van der Waals surface area (Å²) in [6.45, 7) is 5.57. The van der Waals surface area contributed by atoms with Crippen LogP contribution in [0.15, 0.2) is 6.07 Å². The Balaban J connectivity index is 2.46. The van der Waals surface area contributed by atoms with Gasteiger partial charge in [-0.05, 0) is 39.2 Å². The fourth-order valence-corrected chi connectivity index (χ4v) is 2.46. The summed E-state index contributed by atoms with van der Waals surface area (Å²) in [4.78, 5) is 17.7. The third kappa shape index (κ3) is 2.40. The third-order valence-electron chi connectivity index (χ3n) is 3.22. The van der Waals surface area contributed by atoms with Crippen molar-refractivity contribution in [3.63, 3.8) is 0 Å². The van der Waals surface area contributed by atoms with Gasteiger partial charge in [-0.1, -0.05) is 0 Å². The van der Waals surface area contributed by atoms with Crippen LogP contribution in [0.4, 0.5) is 5.69 Å². The smallest absolute Gasteiger partial charge is 0.339 e. The summed E-state index contributed by atoms with van der Waals surface area (Å²) >= 11 is 0. The van der Waals surface area contributed by atoms with E-state index in [2.05, 4.69) is 9.88 Å². The molecule has 0 aliphatic carbocycles. The predicted molar refractivity (Wildman–Crippen MR) is 66.7 cm³/mol. The summed E-state index contributed by atoms with van der Waals surface area (Å²) < 4.78 is 0. The second-order valence-corrected chi connectivity index (χ2v) is 4.60. The highest BCUT2D eigenvalue weighted by atomic mass is 16.4. The summed E-state index contributed by atoms with van der Waals surface area (Å²) in [5.41, 5.74) is 2.69. The molecule has 1 aromatic rings. The van der Waals surface area contributed by atoms with Crippen LogP contribution >= 0.6 is 0 Å². The molecule has 0 saturated carbocycles. The normalized spacial score (nSPS) is 16.0. The molecule has 0 aromatic carbocycles. The van der Waals surface area contributed by atoms with Crippen LogP contribution in [0.3, 0.4) is 0 Å². The number of hydrogen-bond donors (Lipinski definition) is 1. The number of aromatic carboxylic acids is 1. The maximum Gasteiger partial charge on any atom is 0.339 e. The number of carboxylic acids is 1. The van der Waals surface area contributed by atoms with Gasteiger partial charge in [0.1, 0.15) is 5.56 Å². The summed E-state index contributed by atoms with van der Waals surface area (Å²) in [5.74, 6) is -0.879. The van der Waals surface area contributed by atoms with Crippen LogP contribution in [-0.4, -0.2) is 29.1 Å². The average Bonchev–Trinajstić information content (AvgIpc) is 2.28. The molecule has 0 amide bonds. The van der Waals surface area contributed by atoms with Crippen LogP contribution in [0.2, 0.25) is 0 Å². The van der Waals surface area contributed by atoms with Gasteiger partial charge < -0.3 is 10.0 Å². The van der Waals surface area contributed by atoms with E-state index in [0.29, 0.717) is 11.3 Å². The lowest BCUT2D eigenvalue weighted by Gasteiger charge is -2.30. The van der Waals surface area contributed by atoms with Gasteiger partial charge in [-0.25, -0.2) is 4.79 Å². The number of aryl methyl sites for hydroxylation is 2. The van der Waals surface area contributed by atoms with Gasteiger partial charge >= 0.3 is 5.97 Å². The Morgan fingerprint density at radius 1 is 1.29 bits per heavy atom. The zero-order valence-electron chi connectivity index (χ0n) is 10.4. The van der Waals surface area contributed by atoms with Crippen LogP contribution in [0, 0.1) is 13.8 Å². The number of hydrogen-bond acceptors (Lipinski definition) is 3. The first kappa shape index (κ1) is 11.9. The lowest BCUT2D eigenvalue weighted by atomic mass is 10.1. The first-order valence-electron chi connectivity index (χ1n) is 6.06. The highest BCUT2D eigenvalue weighted by Crippen LogP contribution is 2.26. The number of carbonyl (C=O) groups is 1. The first-order valence-corrected chi connectivity index (χ1v) is 6.06. The van der Waals surface area contributed by atoms with Crippen molar-refractivity contribution in [1.82, 2.24) is 4.98 Å². The summed E-state index contributed by atoms with van der Waals surface area (Å²) in [7, 11) is 0. The molecule has 1 fully saturated rings. The quantitative estimate of drug-likeness (QED) is 0.853. The van der Waals surface area contributed by atoms with Gasteiger partial charge in [-0.3, -0.25) is 4.98 Å². The monoisotopic (exact) mass is 234 g/mol. The van der Waals surface area contributed by atoms with Crippen molar-refractivity contribution in [2.45, 2.75) is 33.1 Å². The molecule has 2 heterocycles. The Bertz CT molecular complexity index is 437. The second kappa shape index (κ2) is 4.73. The standard InChI is InChI=1S/C13H18N2O2/c1-9-8-11(15-6-4-3-5-7-15)12(13(16)17)10(2)14-9/h8H,3-7H2,1-2H3,(H,16,17). The van der Waals surface area contributed by atoms with E-state index < -0.39 is 5.97 Å². The Labute approximate surface area is 101 Å². The second-order valence-electron chi connectivity index (χ2n) is 4.60. The van der Waals surface area contributed by atoms with Crippen molar-refractivity contribution in [2.24, 2.45) is 0 Å². The lowest BCUT2D eigenvalue weighted by molar-refractivity contribution is 0.0696. The summed E-state index contributed by atoms with van der Waals surface area (Å²) in [5, 5.41) is 9.30. The lowest BCUT2D eigenvalue weighted by Crippen LogP contribution is -2.31. The minimum Gasteiger partial charge on any atom is -0.478 e. The van der Waals surface area contributed by atoms with Gasteiger partial charge in [0, 0.05) is 18.8 Å². The fourth-order valence-electron chi connectivity index (χ4n) is 2.46. The fraction of sp³-hybridized carbons (Fsp3) is 0.538. The molecule has 4 heteroatoms. The first-order chi connectivity index (χ1) is 8.09. The Morgan fingerprint density at radius 3 is 2.53 bits per heavy atom. The molecule has 1 aliphatic rings. The van der Waals surface area contributed by atoms with Gasteiger partial charge in [0.05, 0.1) is 11.4 Å². The maximum absolute atomic E-state index is 11.3. The van der Waals surface area contributed by atoms with Gasteiger partial charge in [-0.2, -0.15) is 0 Å². The molecule has 0 atom stereocenters. The number of piperidine rings is 1. The van der Waals surface area contributed by atoms with E-state index in [-0.39, 0.29) is 0 Å². The number of pyridine rings is 1. The highest BCUT2D eigenvalue weighted by molar-refractivity contribution is 5.95. The van der Waals surface area contributed by atoms with Crippen LogP contribution in [0.25, 0.3) is 0 Å². The van der Waals surface area contributed by atoms with Crippen LogP contribution in [0.5, 0.6) is 0 Å². The van der Waals surface area contributed by atoms with Gasteiger partial charge in [-0.15, -0.1) is 0 Å². The van der Waals surface area contributed by atoms with Crippen LogP contribution in [0.1, 0.15) is 41.0 Å². The summed E-state index contributed by atoms with van der Waals surface area (Å²) in [6, 6.07) is 1.89. The minimum atomic E-state index is -0.879. The molecule has 0 unspecified atom stereocenters. The Kier molecular flexibility index (Phi) is 3.31. The van der Waals surface area contributed by atoms with Crippen LogP contribution < -0.4 is 4.90 Å². The summed E-state index contributed by atoms with van der Waals surface area (Å²) in [6.07, 6.45) is 3.51. The van der Waals surface area contributed by atoms with Crippen molar-refractivity contribution in [1.29, 1.82) is 0 Å². The molecule has 0 radical (unpaired) electrons. The van der Waals surface area contributed by atoms with E-state index in [9.17, 15) is 9.90 Å². The molecule has 4 nitrogen and oxygen atoms in total. The highest BCUT2D eigenvalue weighted by Gasteiger charge is 2.21. The molecule has 17 heavy (non-hydrogen) atoms. The number of anilines is 1. The van der Waals surface area contributed by atoms with Crippen molar-refractivity contribution < 1.29 is 9.90 Å². The number of nitrogens with zero attached hydrogens (tertiary/aromatic N) is 2. The van der Waals surface area contributed by atoms with Crippen molar-refractivity contribution >= 4 is 11.7 Å². The van der Waals surface area contributed by atoms with E-state index in [1.54, 1.807) is 6.92 Å². The number of aromatic nitrogens is 1. The van der Waals surface area contributed by atoms with E-state index in [4.69, 9.17) is 0 Å². The molecule has 1 aromatic heterocycles. The van der Waals surface area contributed by atoms with Gasteiger partial charge in [0.2, 0.25) is 0 Å². The molecular formula is C13H18N2O2. The zero-order valence-corrected chi connectivity index (χ0v) is 10.4. The zero-order chi connectivity index (χ0) is 12.4. The molecule has 1 N–H and O–H groups in total. The van der Waals surface area contributed by atoms with E-state index in [0.717, 1.165) is 37.3 Å². The van der Waals surface area contributed by atoms with Crippen molar-refractivity contribution in [3.05, 3.63) is 23.0 Å². The third-order valence-corrected chi connectivity index (χ3v) is 3.22. The Hall–Kier alpha value is -1.58. The SMILES string of the molecule is Cc1cc(N2CCCCC2)c(C(=O)O)c(C)n1. The van der Waals surface area contributed by atoms with Gasteiger partial charge in [0.25, 0.3) is 0 Å². The van der Waals surface area contributed by atoms with Crippen molar-refractivity contribution in [2.75, 3.05) is 18.0 Å². The topological polar surface area (TPSA) is 53.4 Å². The molecule has 1 saturated heterocycles. The van der Waals surface area contributed by atoms with Crippen LogP contribution in [-0.2, 0) is 0 Å². The number of rotatable bonds is 2. The molecular weight excluding hydrogens is 216 g/mol. The maximum atomic E-state index is 11.3. The average molecular weight is 234 g/mol. The van der Waals surface area contributed by atoms with E-state index in [1.807, 2.05) is 13.0 Å². The van der Waals surface area contributed by atoms with E-state index in [1.165, 1.54) is 6.42 Å². The predicted octanol–water partition coefficient (Wildman–Crippen LogP) is 2.39. The molecule has 1 aliphatic heterocycles. The molecule has 2 rings (SSSR count). The van der Waals surface area contributed by atoms with Crippen molar-refractivity contribution in [3.8, 4) is 0 Å². The number of carboxylic acid groups (broad SMARTS) is 1. The van der Waals surface area contributed by atoms with E-state index >= 15 is 0 Å².